The van der Waals surface area contributed by atoms with E-state index in [0.717, 1.165) is 33.2 Å². The molecule has 0 saturated heterocycles. The first-order valence-electron chi connectivity index (χ1n) is 8.26. The summed E-state index contributed by atoms with van der Waals surface area (Å²) in [4.78, 5) is 17.7. The first-order chi connectivity index (χ1) is 12.6. The Kier molecular flexibility index (Phi) is 4.18. The summed E-state index contributed by atoms with van der Waals surface area (Å²) in [6.45, 7) is 4.07. The molecule has 0 aliphatic rings. The minimum atomic E-state index is -0.261. The number of hydrogen-bond acceptors (Lipinski definition) is 3. The number of aromatic nitrogens is 2. The Balaban J connectivity index is 1.44. The van der Waals surface area contributed by atoms with Crippen LogP contribution in [0.25, 0.3) is 16.2 Å². The quantitative estimate of drug-likeness (QED) is 0.518. The molecule has 2 aromatic heterocycles. The molecule has 0 aliphatic carbocycles. The summed E-state index contributed by atoms with van der Waals surface area (Å²) in [5, 5.41) is 7.71. The van der Waals surface area contributed by atoms with Crippen LogP contribution in [0.3, 0.4) is 0 Å². The van der Waals surface area contributed by atoms with Crippen LogP contribution < -0.4 is 10.6 Å². The van der Waals surface area contributed by atoms with Crippen molar-refractivity contribution in [3.8, 4) is 11.3 Å². The van der Waals surface area contributed by atoms with E-state index in [4.69, 9.17) is 0 Å². The third-order valence-corrected chi connectivity index (χ3v) is 5.07. The number of urea groups is 1. The van der Waals surface area contributed by atoms with E-state index in [1.807, 2.05) is 78.5 Å². The molecule has 2 heterocycles. The normalized spacial score (nSPS) is 10.8. The van der Waals surface area contributed by atoms with Gasteiger partial charge < -0.3 is 10.6 Å². The SMILES string of the molecule is Cc1ccc(NC(=O)Nc2ccc(-c3cn4ccsc4n3)cc2)cc1C. The van der Waals surface area contributed by atoms with E-state index in [1.165, 1.54) is 5.56 Å². The summed E-state index contributed by atoms with van der Waals surface area (Å²) in [7, 11) is 0. The maximum atomic E-state index is 12.2. The van der Waals surface area contributed by atoms with Gasteiger partial charge in [0.05, 0.1) is 5.69 Å². The molecule has 6 heteroatoms. The predicted molar refractivity (Wildman–Crippen MR) is 107 cm³/mol. The summed E-state index contributed by atoms with van der Waals surface area (Å²) >= 11 is 1.60. The second-order valence-electron chi connectivity index (χ2n) is 6.17. The number of thiazole rings is 1. The predicted octanol–water partition coefficient (Wildman–Crippen LogP) is 5.32. The molecular weight excluding hydrogens is 344 g/mol. The van der Waals surface area contributed by atoms with Gasteiger partial charge in [0.2, 0.25) is 0 Å². The second kappa shape index (κ2) is 6.65. The van der Waals surface area contributed by atoms with Crippen molar-refractivity contribution >= 4 is 33.7 Å². The minimum Gasteiger partial charge on any atom is -0.308 e. The lowest BCUT2D eigenvalue weighted by Gasteiger charge is -2.09. The van der Waals surface area contributed by atoms with E-state index < -0.39 is 0 Å². The molecule has 0 aliphatic heterocycles. The number of aryl methyl sites for hydroxylation is 2. The molecule has 2 N–H and O–H groups in total. The van der Waals surface area contributed by atoms with Gasteiger partial charge in [0.1, 0.15) is 0 Å². The van der Waals surface area contributed by atoms with Gasteiger partial charge in [-0.15, -0.1) is 11.3 Å². The van der Waals surface area contributed by atoms with Crippen molar-refractivity contribution in [2.75, 3.05) is 10.6 Å². The fourth-order valence-electron chi connectivity index (χ4n) is 2.70. The van der Waals surface area contributed by atoms with E-state index >= 15 is 0 Å². The first kappa shape index (κ1) is 16.4. The monoisotopic (exact) mass is 362 g/mol. The van der Waals surface area contributed by atoms with Crippen LogP contribution in [-0.4, -0.2) is 15.4 Å². The average Bonchev–Trinajstić information content (AvgIpc) is 3.21. The zero-order chi connectivity index (χ0) is 18.1. The van der Waals surface area contributed by atoms with Crippen molar-refractivity contribution in [1.29, 1.82) is 0 Å². The topological polar surface area (TPSA) is 58.4 Å². The van der Waals surface area contributed by atoms with Gasteiger partial charge >= 0.3 is 6.03 Å². The number of benzene rings is 2. The number of carbonyl (C=O) groups excluding carboxylic acids is 1. The van der Waals surface area contributed by atoms with Crippen molar-refractivity contribution in [2.45, 2.75) is 13.8 Å². The summed E-state index contributed by atoms with van der Waals surface area (Å²) in [6, 6.07) is 13.3. The van der Waals surface area contributed by atoms with E-state index in [2.05, 4.69) is 15.6 Å². The second-order valence-corrected chi connectivity index (χ2v) is 7.05. The Hall–Kier alpha value is -3.12. The molecule has 0 radical (unpaired) electrons. The molecule has 0 saturated carbocycles. The van der Waals surface area contributed by atoms with Crippen molar-refractivity contribution < 1.29 is 4.79 Å². The van der Waals surface area contributed by atoms with E-state index in [0.29, 0.717) is 0 Å². The highest BCUT2D eigenvalue weighted by Gasteiger charge is 2.07. The molecular formula is C20H18N4OS. The summed E-state index contributed by atoms with van der Waals surface area (Å²) in [5.41, 5.74) is 5.79. The molecule has 4 aromatic rings. The lowest BCUT2D eigenvalue weighted by atomic mass is 10.1. The molecule has 4 rings (SSSR count). The first-order valence-corrected chi connectivity index (χ1v) is 9.14. The van der Waals surface area contributed by atoms with Crippen LogP contribution in [-0.2, 0) is 0 Å². The van der Waals surface area contributed by atoms with Gasteiger partial charge in [-0.05, 0) is 49.2 Å². The molecule has 0 spiro atoms. The highest BCUT2D eigenvalue weighted by atomic mass is 32.1. The molecule has 26 heavy (non-hydrogen) atoms. The lowest BCUT2D eigenvalue weighted by molar-refractivity contribution is 0.262. The van der Waals surface area contributed by atoms with Crippen molar-refractivity contribution in [1.82, 2.24) is 9.38 Å². The highest BCUT2D eigenvalue weighted by molar-refractivity contribution is 7.15. The van der Waals surface area contributed by atoms with Crippen LogP contribution in [0.4, 0.5) is 16.2 Å². The Labute approximate surface area is 155 Å². The Morgan fingerprint density at radius 1 is 1.00 bits per heavy atom. The summed E-state index contributed by atoms with van der Waals surface area (Å²) < 4.78 is 2.00. The van der Waals surface area contributed by atoms with Crippen molar-refractivity contribution in [3.05, 3.63) is 71.4 Å². The third-order valence-electron chi connectivity index (χ3n) is 4.30. The highest BCUT2D eigenvalue weighted by Crippen LogP contribution is 2.23. The fraction of sp³-hybridized carbons (Fsp3) is 0.100. The molecule has 2 aromatic carbocycles. The third kappa shape index (κ3) is 3.32. The van der Waals surface area contributed by atoms with Gasteiger partial charge in [0, 0.05) is 34.7 Å². The fourth-order valence-corrected chi connectivity index (χ4v) is 3.40. The maximum absolute atomic E-state index is 12.2. The van der Waals surface area contributed by atoms with Gasteiger partial charge in [0.15, 0.2) is 4.96 Å². The standard InChI is InChI=1S/C20H18N4OS/c1-13-3-6-17(11-14(13)2)22-19(25)21-16-7-4-15(5-8-16)18-12-24-9-10-26-20(24)23-18/h3-12H,1-2H3,(H2,21,22,25). The summed E-state index contributed by atoms with van der Waals surface area (Å²) in [5.74, 6) is 0. The number of fused-ring (bicyclic) bond motifs is 1. The number of nitrogens with zero attached hydrogens (tertiary/aromatic N) is 2. The number of anilines is 2. The number of imidazole rings is 1. The number of nitrogens with one attached hydrogen (secondary N) is 2. The zero-order valence-electron chi connectivity index (χ0n) is 14.5. The molecule has 130 valence electrons. The molecule has 0 bridgehead atoms. The smallest absolute Gasteiger partial charge is 0.308 e. The van der Waals surface area contributed by atoms with Crippen molar-refractivity contribution in [2.24, 2.45) is 0 Å². The van der Waals surface area contributed by atoms with Crippen LogP contribution in [0.2, 0.25) is 0 Å². The lowest BCUT2D eigenvalue weighted by Crippen LogP contribution is -2.19. The Morgan fingerprint density at radius 2 is 1.73 bits per heavy atom. The minimum absolute atomic E-state index is 0.261. The Morgan fingerprint density at radius 3 is 2.46 bits per heavy atom. The molecule has 0 fully saturated rings. The molecule has 0 atom stereocenters. The van der Waals surface area contributed by atoms with Gasteiger partial charge in [-0.2, -0.15) is 0 Å². The molecule has 5 nitrogen and oxygen atoms in total. The van der Waals surface area contributed by atoms with Crippen LogP contribution in [0.1, 0.15) is 11.1 Å². The van der Waals surface area contributed by atoms with Crippen LogP contribution in [0.5, 0.6) is 0 Å². The number of rotatable bonds is 3. The van der Waals surface area contributed by atoms with Crippen LogP contribution in [0, 0.1) is 13.8 Å². The number of hydrogen-bond donors (Lipinski definition) is 2. The van der Waals surface area contributed by atoms with Crippen molar-refractivity contribution in [3.63, 3.8) is 0 Å². The average molecular weight is 362 g/mol. The Bertz CT molecular complexity index is 1050. The van der Waals surface area contributed by atoms with Crippen LogP contribution >= 0.6 is 11.3 Å². The van der Waals surface area contributed by atoms with E-state index in [1.54, 1.807) is 11.3 Å². The van der Waals surface area contributed by atoms with E-state index in [-0.39, 0.29) is 6.03 Å². The molecule has 2 amide bonds. The number of amides is 2. The largest absolute Gasteiger partial charge is 0.323 e. The van der Waals surface area contributed by atoms with E-state index in [9.17, 15) is 4.79 Å². The van der Waals surface area contributed by atoms with Gasteiger partial charge in [-0.3, -0.25) is 4.40 Å². The maximum Gasteiger partial charge on any atom is 0.323 e. The number of carbonyl (C=O) groups is 1. The van der Waals surface area contributed by atoms with Crippen LogP contribution in [0.15, 0.2) is 60.2 Å². The van der Waals surface area contributed by atoms with Gasteiger partial charge in [-0.1, -0.05) is 18.2 Å². The zero-order valence-corrected chi connectivity index (χ0v) is 15.3. The van der Waals surface area contributed by atoms with Gasteiger partial charge in [0.25, 0.3) is 0 Å². The summed E-state index contributed by atoms with van der Waals surface area (Å²) in [6.07, 6.45) is 3.99. The molecule has 0 unspecified atom stereocenters. The van der Waals surface area contributed by atoms with Gasteiger partial charge in [-0.25, -0.2) is 9.78 Å².